The summed E-state index contributed by atoms with van der Waals surface area (Å²) in [6.45, 7) is 23.1. The highest BCUT2D eigenvalue weighted by Crippen LogP contribution is 2.27. The van der Waals surface area contributed by atoms with Crippen LogP contribution in [0.4, 0.5) is 0 Å². The van der Waals surface area contributed by atoms with Gasteiger partial charge in [0.05, 0.1) is 23.9 Å². The molecule has 2 unspecified atom stereocenters. The van der Waals surface area contributed by atoms with Gasteiger partial charge < -0.3 is 9.47 Å². The molecule has 0 saturated heterocycles. The zero-order chi connectivity index (χ0) is 25.4. The zero-order valence-corrected chi connectivity index (χ0v) is 22.4. The molecule has 0 bridgehead atoms. The molecular formula is C24H46N4O4. The SMILES string of the molecule is CC(C)CC(C)(N=NC(C)(C)C)OC(=O)CCC(=O)OC(C)(CC(C)C)N=NC(C)(C)C. The van der Waals surface area contributed by atoms with E-state index in [-0.39, 0.29) is 35.8 Å². The Hall–Kier alpha value is -1.86. The fraction of sp³-hybridized carbons (Fsp3) is 0.917. The predicted octanol–water partition coefficient (Wildman–Crippen LogP) is 6.88. The van der Waals surface area contributed by atoms with Gasteiger partial charge in [-0.25, -0.2) is 0 Å². The highest BCUT2D eigenvalue weighted by Gasteiger charge is 2.33. The standard InChI is InChI=1S/C24H46N4O4/c1-17(2)15-23(11,27-25-21(5,6)7)31-19(29)13-14-20(30)32-24(12,16-18(3)4)28-26-22(8,9)10/h17-18H,13-16H2,1-12H3. The molecule has 0 rings (SSSR count). The minimum atomic E-state index is -1.07. The van der Waals surface area contributed by atoms with E-state index in [1.807, 2.05) is 69.2 Å². The molecule has 0 aliphatic carbocycles. The Balaban J connectivity index is 5.15. The zero-order valence-electron chi connectivity index (χ0n) is 22.4. The Morgan fingerprint density at radius 2 is 0.875 bits per heavy atom. The number of hydrogen-bond acceptors (Lipinski definition) is 8. The Morgan fingerprint density at radius 3 is 1.09 bits per heavy atom. The lowest BCUT2D eigenvalue weighted by Gasteiger charge is -2.28. The highest BCUT2D eigenvalue weighted by molar-refractivity contribution is 5.78. The Bertz CT molecular complexity index is 616. The van der Waals surface area contributed by atoms with Gasteiger partial charge in [0.25, 0.3) is 0 Å². The number of hydrogen-bond donors (Lipinski definition) is 0. The van der Waals surface area contributed by atoms with Gasteiger partial charge in [0.1, 0.15) is 0 Å². The fourth-order valence-electron chi connectivity index (χ4n) is 3.03. The fourth-order valence-corrected chi connectivity index (χ4v) is 3.03. The van der Waals surface area contributed by atoms with Crippen LogP contribution in [0.25, 0.3) is 0 Å². The summed E-state index contributed by atoms with van der Waals surface area (Å²) in [4.78, 5) is 25.0. The Labute approximate surface area is 195 Å². The number of ether oxygens (including phenoxy) is 2. The van der Waals surface area contributed by atoms with E-state index in [1.54, 1.807) is 13.8 Å². The number of carbonyl (C=O) groups is 2. The lowest BCUT2D eigenvalue weighted by molar-refractivity contribution is -0.167. The first-order chi connectivity index (χ1) is 14.2. The molecule has 0 aromatic rings. The molecule has 0 fully saturated rings. The maximum atomic E-state index is 12.5. The van der Waals surface area contributed by atoms with Gasteiger partial charge in [0, 0.05) is 12.8 Å². The second kappa shape index (κ2) is 11.8. The van der Waals surface area contributed by atoms with Crippen molar-refractivity contribution in [3.63, 3.8) is 0 Å². The summed E-state index contributed by atoms with van der Waals surface area (Å²) in [5.41, 5.74) is -2.90. The summed E-state index contributed by atoms with van der Waals surface area (Å²) in [6, 6.07) is 0. The van der Waals surface area contributed by atoms with Crippen molar-refractivity contribution in [1.82, 2.24) is 0 Å². The second-order valence-electron chi connectivity index (χ2n) is 11.7. The van der Waals surface area contributed by atoms with Crippen LogP contribution in [-0.4, -0.2) is 34.5 Å². The van der Waals surface area contributed by atoms with Gasteiger partial charge in [-0.2, -0.15) is 10.2 Å². The third kappa shape index (κ3) is 15.0. The van der Waals surface area contributed by atoms with Crippen molar-refractivity contribution in [3.8, 4) is 0 Å². The normalized spacial score (nSPS) is 17.1. The molecule has 8 nitrogen and oxygen atoms in total. The van der Waals surface area contributed by atoms with E-state index in [2.05, 4.69) is 20.5 Å². The molecule has 0 aromatic heterocycles. The molecule has 0 heterocycles. The molecule has 0 amide bonds. The number of nitrogens with zero attached hydrogens (tertiary/aromatic N) is 4. The van der Waals surface area contributed by atoms with Gasteiger partial charge in [-0.15, -0.1) is 10.2 Å². The van der Waals surface area contributed by atoms with Gasteiger partial charge >= 0.3 is 11.9 Å². The Morgan fingerprint density at radius 1 is 0.594 bits per heavy atom. The molecule has 32 heavy (non-hydrogen) atoms. The van der Waals surface area contributed by atoms with Crippen molar-refractivity contribution < 1.29 is 19.1 Å². The van der Waals surface area contributed by atoms with Gasteiger partial charge in [-0.05, 0) is 67.2 Å². The molecular weight excluding hydrogens is 408 g/mol. The lowest BCUT2D eigenvalue weighted by atomic mass is 10.0. The topological polar surface area (TPSA) is 102 Å². The van der Waals surface area contributed by atoms with E-state index in [9.17, 15) is 9.59 Å². The summed E-state index contributed by atoms with van der Waals surface area (Å²) < 4.78 is 11.3. The number of carbonyl (C=O) groups excluding carboxylic acids is 2. The van der Waals surface area contributed by atoms with E-state index in [4.69, 9.17) is 9.47 Å². The Kier molecular flexibility index (Phi) is 11.2. The second-order valence-corrected chi connectivity index (χ2v) is 11.7. The summed E-state index contributed by atoms with van der Waals surface area (Å²) in [5.74, 6) is -0.525. The largest absolute Gasteiger partial charge is 0.436 e. The van der Waals surface area contributed by atoms with Crippen molar-refractivity contribution in [2.45, 2.75) is 131 Å². The first-order valence-electron chi connectivity index (χ1n) is 11.6. The van der Waals surface area contributed by atoms with Crippen LogP contribution in [0.2, 0.25) is 0 Å². The maximum Gasteiger partial charge on any atom is 0.308 e. The third-order valence-electron chi connectivity index (χ3n) is 3.90. The van der Waals surface area contributed by atoms with E-state index >= 15 is 0 Å². The minimum absolute atomic E-state index is 0.105. The summed E-state index contributed by atoms with van der Waals surface area (Å²) in [6.07, 6.45) is 0.849. The monoisotopic (exact) mass is 454 g/mol. The van der Waals surface area contributed by atoms with Crippen LogP contribution in [-0.2, 0) is 19.1 Å². The summed E-state index contributed by atoms with van der Waals surface area (Å²) in [5, 5.41) is 17.2. The van der Waals surface area contributed by atoms with Crippen molar-refractivity contribution in [3.05, 3.63) is 0 Å². The van der Waals surface area contributed by atoms with Gasteiger partial charge in [-0.1, -0.05) is 27.7 Å². The van der Waals surface area contributed by atoms with Crippen molar-refractivity contribution in [2.75, 3.05) is 0 Å². The molecule has 8 heteroatoms. The number of esters is 2. The minimum Gasteiger partial charge on any atom is -0.436 e. The van der Waals surface area contributed by atoms with Crippen LogP contribution < -0.4 is 0 Å². The van der Waals surface area contributed by atoms with Crippen LogP contribution in [0.3, 0.4) is 0 Å². The van der Waals surface area contributed by atoms with Crippen molar-refractivity contribution in [1.29, 1.82) is 0 Å². The van der Waals surface area contributed by atoms with Gasteiger partial charge in [0.2, 0.25) is 11.4 Å². The summed E-state index contributed by atoms with van der Waals surface area (Å²) >= 11 is 0. The van der Waals surface area contributed by atoms with E-state index in [1.165, 1.54) is 0 Å². The van der Waals surface area contributed by atoms with Crippen LogP contribution in [0, 0.1) is 11.8 Å². The molecule has 186 valence electrons. The number of azo groups is 2. The predicted molar refractivity (Wildman–Crippen MR) is 126 cm³/mol. The van der Waals surface area contributed by atoms with Crippen LogP contribution in [0.5, 0.6) is 0 Å². The van der Waals surface area contributed by atoms with Crippen LogP contribution >= 0.6 is 0 Å². The molecule has 0 aromatic carbocycles. The third-order valence-corrected chi connectivity index (χ3v) is 3.90. The average Bonchev–Trinajstić information content (AvgIpc) is 2.54. The van der Waals surface area contributed by atoms with Crippen LogP contribution in [0.15, 0.2) is 20.5 Å². The van der Waals surface area contributed by atoms with Crippen molar-refractivity contribution in [2.24, 2.45) is 32.3 Å². The number of rotatable bonds is 11. The van der Waals surface area contributed by atoms with Gasteiger partial charge in [-0.3, -0.25) is 9.59 Å². The molecule has 2 atom stereocenters. The molecule has 0 spiro atoms. The van der Waals surface area contributed by atoms with E-state index in [0.29, 0.717) is 12.8 Å². The molecule has 0 aliphatic rings. The quantitative estimate of drug-likeness (QED) is 0.251. The molecule has 0 N–H and O–H groups in total. The first kappa shape index (κ1) is 30.1. The first-order valence-corrected chi connectivity index (χ1v) is 11.6. The van der Waals surface area contributed by atoms with Gasteiger partial charge in [0.15, 0.2) is 0 Å². The van der Waals surface area contributed by atoms with Crippen molar-refractivity contribution >= 4 is 11.9 Å². The average molecular weight is 455 g/mol. The van der Waals surface area contributed by atoms with E-state index < -0.39 is 23.4 Å². The smallest absolute Gasteiger partial charge is 0.308 e. The summed E-state index contributed by atoms with van der Waals surface area (Å²) in [7, 11) is 0. The molecule has 0 aliphatic heterocycles. The molecule has 0 saturated carbocycles. The van der Waals surface area contributed by atoms with Crippen LogP contribution in [0.1, 0.15) is 109 Å². The lowest BCUT2D eigenvalue weighted by Crippen LogP contribution is -2.33. The van der Waals surface area contributed by atoms with E-state index in [0.717, 1.165) is 0 Å². The maximum absolute atomic E-state index is 12.5. The highest BCUT2D eigenvalue weighted by atomic mass is 16.6. The molecule has 0 radical (unpaired) electrons.